The summed E-state index contributed by atoms with van der Waals surface area (Å²) < 4.78 is 18.3. The van der Waals surface area contributed by atoms with Gasteiger partial charge in [0.1, 0.15) is 0 Å². The number of benzene rings is 1. The van der Waals surface area contributed by atoms with Crippen molar-refractivity contribution in [3.05, 3.63) is 30.1 Å². The van der Waals surface area contributed by atoms with Gasteiger partial charge in [0.15, 0.2) is 18.2 Å². The first-order chi connectivity index (χ1) is 9.06. The molecule has 1 aliphatic carbocycles. The number of hydrogen-bond acceptors (Lipinski definition) is 4. The van der Waals surface area contributed by atoms with Gasteiger partial charge in [-0.1, -0.05) is 12.1 Å². The predicted octanol–water partition coefficient (Wildman–Crippen LogP) is 0.205. The maximum atomic E-state index is 13.2. The van der Waals surface area contributed by atoms with Gasteiger partial charge in [-0.2, -0.15) is 0 Å². The van der Waals surface area contributed by atoms with E-state index in [1.807, 2.05) is 0 Å². The number of carbonyl (C=O) groups is 1. The van der Waals surface area contributed by atoms with Crippen LogP contribution in [0, 0.1) is 5.82 Å². The molecule has 1 aromatic carbocycles. The fraction of sp³-hybridized carbons (Fsp3) is 0.462. The van der Waals surface area contributed by atoms with Gasteiger partial charge in [-0.3, -0.25) is 4.79 Å². The number of para-hydroxylation sites is 1. The standard InChI is InChI=1S/C13H16FNO4/c14-9-3-1-2-4-12(9)19-7-13(18)15-8-5-10(16)11(17)6-8/h1-4,8,10-11,16-17H,5-7H2,(H,15,18)/t8?,10-,11+. The van der Waals surface area contributed by atoms with Gasteiger partial charge in [0.25, 0.3) is 5.91 Å². The second-order valence-electron chi connectivity index (χ2n) is 4.59. The molecular weight excluding hydrogens is 253 g/mol. The van der Waals surface area contributed by atoms with E-state index in [4.69, 9.17) is 4.74 Å². The summed E-state index contributed by atoms with van der Waals surface area (Å²) in [6, 6.07) is 5.55. The molecule has 6 heteroatoms. The van der Waals surface area contributed by atoms with Crippen molar-refractivity contribution in [3.8, 4) is 5.75 Å². The summed E-state index contributed by atoms with van der Waals surface area (Å²) in [5.74, 6) is -0.916. The van der Waals surface area contributed by atoms with Gasteiger partial charge in [-0.25, -0.2) is 4.39 Å². The van der Waals surface area contributed by atoms with Gasteiger partial charge < -0.3 is 20.3 Å². The molecule has 19 heavy (non-hydrogen) atoms. The molecule has 0 heterocycles. The van der Waals surface area contributed by atoms with Crippen LogP contribution in [0.3, 0.4) is 0 Å². The number of carbonyl (C=O) groups excluding carboxylic acids is 1. The van der Waals surface area contributed by atoms with Crippen LogP contribution in [0.2, 0.25) is 0 Å². The molecule has 2 rings (SSSR count). The molecule has 1 aromatic rings. The lowest BCUT2D eigenvalue weighted by molar-refractivity contribution is -0.123. The van der Waals surface area contributed by atoms with Crippen LogP contribution in [0.15, 0.2) is 24.3 Å². The summed E-state index contributed by atoms with van der Waals surface area (Å²) >= 11 is 0. The monoisotopic (exact) mass is 269 g/mol. The highest BCUT2D eigenvalue weighted by Gasteiger charge is 2.32. The van der Waals surface area contributed by atoms with Crippen molar-refractivity contribution >= 4 is 5.91 Å². The zero-order chi connectivity index (χ0) is 13.8. The molecule has 3 N–H and O–H groups in total. The van der Waals surface area contributed by atoms with Crippen molar-refractivity contribution in [3.63, 3.8) is 0 Å². The molecule has 5 nitrogen and oxygen atoms in total. The van der Waals surface area contributed by atoms with E-state index in [0.717, 1.165) is 0 Å². The summed E-state index contributed by atoms with van der Waals surface area (Å²) in [6.07, 6.45) is -0.991. The van der Waals surface area contributed by atoms with Crippen molar-refractivity contribution in [2.75, 3.05) is 6.61 Å². The van der Waals surface area contributed by atoms with Crippen LogP contribution in [0.1, 0.15) is 12.8 Å². The Kier molecular flexibility index (Phi) is 4.34. The van der Waals surface area contributed by atoms with Gasteiger partial charge in [0.2, 0.25) is 0 Å². The van der Waals surface area contributed by atoms with Gasteiger partial charge in [0.05, 0.1) is 12.2 Å². The Hall–Kier alpha value is -1.66. The van der Waals surface area contributed by atoms with E-state index in [-0.39, 0.29) is 18.4 Å². The van der Waals surface area contributed by atoms with E-state index in [0.29, 0.717) is 12.8 Å². The zero-order valence-corrected chi connectivity index (χ0v) is 10.3. The molecule has 0 radical (unpaired) electrons. The molecule has 1 aliphatic rings. The number of ether oxygens (including phenoxy) is 1. The molecule has 1 amide bonds. The van der Waals surface area contributed by atoms with Crippen molar-refractivity contribution in [1.82, 2.24) is 5.32 Å². The first kappa shape index (κ1) is 13.8. The molecule has 3 atom stereocenters. The van der Waals surface area contributed by atoms with E-state index >= 15 is 0 Å². The lowest BCUT2D eigenvalue weighted by Crippen LogP contribution is -2.36. The lowest BCUT2D eigenvalue weighted by atomic mass is 10.2. The van der Waals surface area contributed by atoms with Crippen molar-refractivity contribution in [2.24, 2.45) is 0 Å². The largest absolute Gasteiger partial charge is 0.481 e. The van der Waals surface area contributed by atoms with Crippen LogP contribution in [-0.2, 0) is 4.79 Å². The fourth-order valence-corrected chi connectivity index (χ4v) is 2.09. The average molecular weight is 269 g/mol. The Balaban J connectivity index is 1.78. The van der Waals surface area contributed by atoms with E-state index in [1.165, 1.54) is 18.2 Å². The van der Waals surface area contributed by atoms with E-state index < -0.39 is 23.9 Å². The minimum Gasteiger partial charge on any atom is -0.481 e. The number of aliphatic hydroxyl groups is 2. The Morgan fingerprint density at radius 1 is 1.32 bits per heavy atom. The predicted molar refractivity (Wildman–Crippen MR) is 65.1 cm³/mol. The molecule has 1 saturated carbocycles. The Morgan fingerprint density at radius 2 is 1.95 bits per heavy atom. The Morgan fingerprint density at radius 3 is 2.58 bits per heavy atom. The molecule has 0 aromatic heterocycles. The van der Waals surface area contributed by atoms with Crippen LogP contribution in [-0.4, -0.2) is 41.0 Å². The number of rotatable bonds is 4. The molecule has 0 bridgehead atoms. The Bertz CT molecular complexity index is 444. The summed E-state index contributed by atoms with van der Waals surface area (Å²) in [5, 5.41) is 21.3. The van der Waals surface area contributed by atoms with E-state index in [9.17, 15) is 19.4 Å². The molecular formula is C13H16FNO4. The van der Waals surface area contributed by atoms with Crippen molar-refractivity contribution in [2.45, 2.75) is 31.1 Å². The maximum Gasteiger partial charge on any atom is 0.258 e. The van der Waals surface area contributed by atoms with Gasteiger partial charge >= 0.3 is 0 Å². The number of halogens is 1. The lowest BCUT2D eigenvalue weighted by Gasteiger charge is -2.12. The minimum atomic E-state index is -0.808. The topological polar surface area (TPSA) is 78.8 Å². The quantitative estimate of drug-likeness (QED) is 0.730. The molecule has 0 saturated heterocycles. The Labute approximate surface area is 110 Å². The maximum absolute atomic E-state index is 13.2. The van der Waals surface area contributed by atoms with Crippen LogP contribution in [0.4, 0.5) is 4.39 Å². The molecule has 0 aliphatic heterocycles. The van der Waals surface area contributed by atoms with Gasteiger partial charge in [-0.05, 0) is 25.0 Å². The summed E-state index contributed by atoms with van der Waals surface area (Å²) in [5.41, 5.74) is 0. The third kappa shape index (κ3) is 3.65. The summed E-state index contributed by atoms with van der Waals surface area (Å²) in [4.78, 5) is 11.6. The normalized spacial score (nSPS) is 26.2. The van der Waals surface area contributed by atoms with Crippen LogP contribution >= 0.6 is 0 Å². The number of aliphatic hydroxyl groups excluding tert-OH is 2. The highest BCUT2D eigenvalue weighted by atomic mass is 19.1. The van der Waals surface area contributed by atoms with Crippen molar-refractivity contribution < 1.29 is 24.1 Å². The fourth-order valence-electron chi connectivity index (χ4n) is 2.09. The van der Waals surface area contributed by atoms with Crippen LogP contribution in [0.25, 0.3) is 0 Å². The third-order valence-corrected chi connectivity index (χ3v) is 3.06. The van der Waals surface area contributed by atoms with Crippen LogP contribution < -0.4 is 10.1 Å². The van der Waals surface area contributed by atoms with Crippen molar-refractivity contribution in [1.29, 1.82) is 0 Å². The molecule has 1 unspecified atom stereocenters. The molecule has 0 spiro atoms. The zero-order valence-electron chi connectivity index (χ0n) is 10.3. The van der Waals surface area contributed by atoms with E-state index in [2.05, 4.69) is 5.32 Å². The van der Waals surface area contributed by atoms with Crippen LogP contribution in [0.5, 0.6) is 5.75 Å². The summed E-state index contributed by atoms with van der Waals surface area (Å²) in [6.45, 7) is -0.302. The highest BCUT2D eigenvalue weighted by Crippen LogP contribution is 2.19. The molecule has 1 fully saturated rings. The number of nitrogens with one attached hydrogen (secondary N) is 1. The SMILES string of the molecule is O=C(COc1ccccc1F)NC1C[C@@H](O)[C@@H](O)C1. The number of hydrogen-bond donors (Lipinski definition) is 3. The second kappa shape index (κ2) is 5.99. The van der Waals surface area contributed by atoms with E-state index in [1.54, 1.807) is 6.07 Å². The third-order valence-electron chi connectivity index (χ3n) is 3.06. The minimum absolute atomic E-state index is 0.0177. The van der Waals surface area contributed by atoms with Gasteiger partial charge in [0, 0.05) is 6.04 Å². The second-order valence-corrected chi connectivity index (χ2v) is 4.59. The number of amides is 1. The first-order valence-electron chi connectivity index (χ1n) is 6.09. The average Bonchev–Trinajstić information content (AvgIpc) is 2.67. The summed E-state index contributed by atoms with van der Waals surface area (Å²) in [7, 11) is 0. The smallest absolute Gasteiger partial charge is 0.258 e. The molecule has 104 valence electrons. The first-order valence-corrected chi connectivity index (χ1v) is 6.09. The van der Waals surface area contributed by atoms with Gasteiger partial charge in [-0.15, -0.1) is 0 Å². The highest BCUT2D eigenvalue weighted by molar-refractivity contribution is 5.77.